The van der Waals surface area contributed by atoms with Crippen LogP contribution in [0.2, 0.25) is 0 Å². The quantitative estimate of drug-likeness (QED) is 0.762. The highest BCUT2D eigenvalue weighted by molar-refractivity contribution is 5.45. The highest BCUT2D eigenvalue weighted by Gasteiger charge is 2.22. The Morgan fingerprint density at radius 3 is 3.06 bits per heavy atom. The lowest BCUT2D eigenvalue weighted by Crippen LogP contribution is -2.08. The van der Waals surface area contributed by atoms with Gasteiger partial charge >= 0.3 is 0 Å². The fourth-order valence-electron chi connectivity index (χ4n) is 2.09. The third-order valence-corrected chi connectivity index (χ3v) is 2.86. The molecule has 0 atom stereocenters. The van der Waals surface area contributed by atoms with E-state index in [1.807, 2.05) is 6.07 Å². The second-order valence-electron chi connectivity index (χ2n) is 3.92. The lowest BCUT2D eigenvalue weighted by molar-refractivity contribution is 0.474. The van der Waals surface area contributed by atoms with Crippen molar-refractivity contribution < 1.29 is 5.11 Å². The van der Waals surface area contributed by atoms with Crippen LogP contribution in [0.25, 0.3) is 5.69 Å². The molecule has 3 rings (SSSR count). The number of nitriles is 1. The molecule has 1 aliphatic heterocycles. The van der Waals surface area contributed by atoms with Crippen molar-refractivity contribution in [2.24, 2.45) is 0 Å². The first-order chi connectivity index (χ1) is 8.29. The predicted octanol–water partition coefficient (Wildman–Crippen LogP) is 1.05. The lowest BCUT2D eigenvalue weighted by Gasteiger charge is -2.05. The molecule has 0 aliphatic carbocycles. The Kier molecular flexibility index (Phi) is 2.10. The third kappa shape index (κ3) is 1.47. The van der Waals surface area contributed by atoms with Gasteiger partial charge in [-0.3, -0.25) is 0 Å². The Balaban J connectivity index is 2.19. The number of hydrogen-bond donors (Lipinski definition) is 2. The van der Waals surface area contributed by atoms with Crippen LogP contribution >= 0.6 is 0 Å². The van der Waals surface area contributed by atoms with Gasteiger partial charge in [0.05, 0.1) is 11.4 Å². The van der Waals surface area contributed by atoms with Crippen molar-refractivity contribution in [3.63, 3.8) is 0 Å². The van der Waals surface area contributed by atoms with E-state index < -0.39 is 0 Å². The zero-order valence-corrected chi connectivity index (χ0v) is 9.01. The minimum atomic E-state index is 0.191. The summed E-state index contributed by atoms with van der Waals surface area (Å²) in [5.41, 5.74) is 3.17. The first-order valence-corrected chi connectivity index (χ1v) is 5.30. The largest absolute Gasteiger partial charge is 0.508 e. The molecule has 1 aromatic heterocycles. The summed E-state index contributed by atoms with van der Waals surface area (Å²) in [6.07, 6.45) is 0. The molecule has 1 aliphatic rings. The number of fused-ring (bicyclic) bond motifs is 1. The van der Waals surface area contributed by atoms with Gasteiger partial charge in [0.15, 0.2) is 5.69 Å². The summed E-state index contributed by atoms with van der Waals surface area (Å²) in [7, 11) is 0. The number of nitrogens with zero attached hydrogens (tertiary/aromatic N) is 3. The standard InChI is InChI=1S/C12H10N4O/c13-5-11-10-6-14-7-12(10)16(15-11)8-2-1-3-9(17)4-8/h1-4,14,17H,6-7H2. The molecule has 0 saturated heterocycles. The van der Waals surface area contributed by atoms with E-state index in [2.05, 4.69) is 16.5 Å². The Morgan fingerprint density at radius 1 is 1.41 bits per heavy atom. The zero-order valence-electron chi connectivity index (χ0n) is 9.01. The average Bonchev–Trinajstić information content (AvgIpc) is 2.89. The molecule has 0 amide bonds. The monoisotopic (exact) mass is 226 g/mol. The Hall–Kier alpha value is -2.32. The molecular formula is C12H10N4O. The molecule has 0 fully saturated rings. The van der Waals surface area contributed by atoms with Crippen LogP contribution in [0.1, 0.15) is 17.0 Å². The van der Waals surface area contributed by atoms with Gasteiger partial charge in [-0.15, -0.1) is 0 Å². The summed E-state index contributed by atoms with van der Waals surface area (Å²) in [4.78, 5) is 0. The van der Waals surface area contributed by atoms with Crippen LogP contribution in [0.3, 0.4) is 0 Å². The number of hydrogen-bond acceptors (Lipinski definition) is 4. The first kappa shape index (κ1) is 9.87. The van der Waals surface area contributed by atoms with Crippen LogP contribution in [-0.2, 0) is 13.1 Å². The maximum Gasteiger partial charge on any atom is 0.167 e. The number of aromatic nitrogens is 2. The number of benzene rings is 1. The molecular weight excluding hydrogens is 216 g/mol. The zero-order chi connectivity index (χ0) is 11.8. The van der Waals surface area contributed by atoms with Gasteiger partial charge in [0.25, 0.3) is 0 Å². The van der Waals surface area contributed by atoms with Gasteiger partial charge in [-0.25, -0.2) is 4.68 Å². The molecule has 5 heteroatoms. The van der Waals surface area contributed by atoms with Crippen molar-refractivity contribution in [2.75, 3.05) is 0 Å². The summed E-state index contributed by atoms with van der Waals surface area (Å²) in [6.45, 7) is 1.37. The van der Waals surface area contributed by atoms with Crippen LogP contribution in [0.5, 0.6) is 5.75 Å². The molecule has 0 saturated carbocycles. The second-order valence-corrected chi connectivity index (χ2v) is 3.92. The molecule has 84 valence electrons. The highest BCUT2D eigenvalue weighted by Crippen LogP contribution is 2.24. The Morgan fingerprint density at radius 2 is 2.29 bits per heavy atom. The van der Waals surface area contributed by atoms with E-state index in [0.29, 0.717) is 18.8 Å². The first-order valence-electron chi connectivity index (χ1n) is 5.30. The molecule has 0 spiro atoms. The van der Waals surface area contributed by atoms with Gasteiger partial charge in [-0.2, -0.15) is 10.4 Å². The van der Waals surface area contributed by atoms with Crippen molar-refractivity contribution in [1.82, 2.24) is 15.1 Å². The number of rotatable bonds is 1. The van der Waals surface area contributed by atoms with Crippen molar-refractivity contribution >= 4 is 0 Å². The van der Waals surface area contributed by atoms with E-state index >= 15 is 0 Å². The summed E-state index contributed by atoms with van der Waals surface area (Å²) >= 11 is 0. The molecule has 2 N–H and O–H groups in total. The maximum atomic E-state index is 9.47. The minimum Gasteiger partial charge on any atom is -0.508 e. The molecule has 17 heavy (non-hydrogen) atoms. The van der Waals surface area contributed by atoms with Gasteiger partial charge in [0.1, 0.15) is 11.8 Å². The molecule has 1 aromatic carbocycles. The Bertz CT molecular complexity index is 624. The van der Waals surface area contributed by atoms with Crippen LogP contribution in [0, 0.1) is 11.3 Å². The average molecular weight is 226 g/mol. The summed E-state index contributed by atoms with van der Waals surface area (Å²) < 4.78 is 1.72. The molecule has 5 nitrogen and oxygen atoms in total. The number of aromatic hydroxyl groups is 1. The van der Waals surface area contributed by atoms with Gasteiger partial charge in [-0.1, -0.05) is 6.07 Å². The number of nitrogens with one attached hydrogen (secondary N) is 1. The molecule has 2 aromatic rings. The van der Waals surface area contributed by atoms with Crippen molar-refractivity contribution in [3.8, 4) is 17.5 Å². The summed E-state index contributed by atoms with van der Waals surface area (Å²) in [6, 6.07) is 8.95. The smallest absolute Gasteiger partial charge is 0.167 e. The van der Waals surface area contributed by atoms with Crippen LogP contribution in [-0.4, -0.2) is 14.9 Å². The summed E-state index contributed by atoms with van der Waals surface area (Å²) in [5.74, 6) is 0.191. The fraction of sp³-hybridized carbons (Fsp3) is 0.167. The SMILES string of the molecule is N#Cc1nn(-c2cccc(O)c2)c2c1CNC2. The molecule has 2 heterocycles. The second kappa shape index (κ2) is 3.61. The number of phenolic OH excluding ortho intramolecular Hbond substituents is 1. The Labute approximate surface area is 97.9 Å². The van der Waals surface area contributed by atoms with Crippen molar-refractivity contribution in [3.05, 3.63) is 41.2 Å². The normalized spacial score (nSPS) is 13.4. The molecule has 0 radical (unpaired) electrons. The maximum absolute atomic E-state index is 9.47. The lowest BCUT2D eigenvalue weighted by atomic mass is 10.2. The van der Waals surface area contributed by atoms with Crippen molar-refractivity contribution in [1.29, 1.82) is 5.26 Å². The third-order valence-electron chi connectivity index (χ3n) is 2.86. The van der Waals surface area contributed by atoms with Gasteiger partial charge in [0.2, 0.25) is 0 Å². The van der Waals surface area contributed by atoms with Crippen LogP contribution in [0.4, 0.5) is 0 Å². The fourth-order valence-corrected chi connectivity index (χ4v) is 2.09. The predicted molar refractivity (Wildman–Crippen MR) is 60.5 cm³/mol. The number of phenols is 1. The van der Waals surface area contributed by atoms with Crippen molar-refractivity contribution in [2.45, 2.75) is 13.1 Å². The van der Waals surface area contributed by atoms with Gasteiger partial charge in [0, 0.05) is 24.7 Å². The minimum absolute atomic E-state index is 0.191. The topological polar surface area (TPSA) is 73.9 Å². The van der Waals surface area contributed by atoms with E-state index in [-0.39, 0.29) is 5.75 Å². The van der Waals surface area contributed by atoms with E-state index in [1.165, 1.54) is 0 Å². The van der Waals surface area contributed by atoms with E-state index in [1.54, 1.807) is 22.9 Å². The molecule has 0 bridgehead atoms. The summed E-state index contributed by atoms with van der Waals surface area (Å²) in [5, 5.41) is 25.9. The van der Waals surface area contributed by atoms with Gasteiger partial charge in [-0.05, 0) is 12.1 Å². The van der Waals surface area contributed by atoms with E-state index in [9.17, 15) is 5.11 Å². The molecule has 0 unspecified atom stereocenters. The van der Waals surface area contributed by atoms with E-state index in [4.69, 9.17) is 5.26 Å². The van der Waals surface area contributed by atoms with Crippen LogP contribution in [0.15, 0.2) is 24.3 Å². The highest BCUT2D eigenvalue weighted by atomic mass is 16.3. The van der Waals surface area contributed by atoms with Gasteiger partial charge < -0.3 is 10.4 Å². The van der Waals surface area contributed by atoms with Crippen LogP contribution < -0.4 is 5.32 Å². The van der Waals surface area contributed by atoms with E-state index in [0.717, 1.165) is 16.9 Å².